The van der Waals surface area contributed by atoms with E-state index in [0.717, 1.165) is 18.7 Å². The van der Waals surface area contributed by atoms with Crippen molar-refractivity contribution in [1.29, 1.82) is 0 Å². The molecule has 0 amide bonds. The molecule has 1 heterocycles. The molecular formula is C11H19N3O2. The van der Waals surface area contributed by atoms with Gasteiger partial charge in [0.25, 0.3) is 0 Å². The van der Waals surface area contributed by atoms with Gasteiger partial charge < -0.3 is 5.11 Å². The minimum absolute atomic E-state index is 0.0442. The summed E-state index contributed by atoms with van der Waals surface area (Å²) in [7, 11) is 1.88. The van der Waals surface area contributed by atoms with Crippen molar-refractivity contribution in [3.63, 3.8) is 0 Å². The van der Waals surface area contributed by atoms with Crippen molar-refractivity contribution >= 4 is 5.97 Å². The fraction of sp³-hybridized carbons (Fsp3) is 0.636. The number of rotatable bonds is 6. The summed E-state index contributed by atoms with van der Waals surface area (Å²) < 4.78 is 1.75. The number of carboxylic acids is 1. The number of carbonyl (C=O) groups is 1. The van der Waals surface area contributed by atoms with Crippen LogP contribution in [0.4, 0.5) is 0 Å². The molecule has 16 heavy (non-hydrogen) atoms. The zero-order valence-corrected chi connectivity index (χ0v) is 10.1. The maximum absolute atomic E-state index is 10.6. The van der Waals surface area contributed by atoms with Crippen molar-refractivity contribution in [3.8, 4) is 0 Å². The smallest absolute Gasteiger partial charge is 0.304 e. The quantitative estimate of drug-likeness (QED) is 0.787. The molecule has 5 heteroatoms. The Labute approximate surface area is 95.7 Å². The number of hydrogen-bond donors (Lipinski definition) is 1. The first-order chi connectivity index (χ1) is 7.52. The van der Waals surface area contributed by atoms with Crippen LogP contribution in [0.25, 0.3) is 0 Å². The van der Waals surface area contributed by atoms with Crippen molar-refractivity contribution in [2.45, 2.75) is 32.9 Å². The van der Waals surface area contributed by atoms with Gasteiger partial charge in [0.15, 0.2) is 0 Å². The first kappa shape index (κ1) is 12.7. The van der Waals surface area contributed by atoms with Gasteiger partial charge in [-0.25, -0.2) is 0 Å². The van der Waals surface area contributed by atoms with Crippen molar-refractivity contribution in [1.82, 2.24) is 14.7 Å². The minimum atomic E-state index is -0.753. The van der Waals surface area contributed by atoms with Crippen LogP contribution >= 0.6 is 0 Å². The van der Waals surface area contributed by atoms with E-state index in [9.17, 15) is 4.79 Å². The number of carboxylic acid groups (broad SMARTS) is 1. The highest BCUT2D eigenvalue weighted by molar-refractivity contribution is 5.67. The second-order valence-corrected chi connectivity index (χ2v) is 4.03. The Hall–Kier alpha value is -1.36. The summed E-state index contributed by atoms with van der Waals surface area (Å²) in [6.45, 7) is 5.56. The highest BCUT2D eigenvalue weighted by Gasteiger charge is 2.15. The molecular weight excluding hydrogens is 206 g/mol. The monoisotopic (exact) mass is 225 g/mol. The van der Waals surface area contributed by atoms with Gasteiger partial charge in [0.05, 0.1) is 12.6 Å². The maximum atomic E-state index is 10.6. The fourth-order valence-corrected chi connectivity index (χ4v) is 1.75. The number of hydrogen-bond acceptors (Lipinski definition) is 3. The molecule has 1 aromatic rings. The molecule has 0 bridgehead atoms. The molecule has 1 N–H and O–H groups in total. The number of aromatic nitrogens is 2. The highest BCUT2D eigenvalue weighted by Crippen LogP contribution is 2.09. The van der Waals surface area contributed by atoms with Gasteiger partial charge in [0, 0.05) is 31.4 Å². The molecule has 0 spiro atoms. The summed E-state index contributed by atoms with van der Waals surface area (Å²) in [5.41, 5.74) is 1.11. The molecule has 0 saturated carbocycles. The summed E-state index contributed by atoms with van der Waals surface area (Å²) in [5.74, 6) is -0.753. The Balaban J connectivity index is 2.57. The number of nitrogens with zero attached hydrogens (tertiary/aromatic N) is 3. The summed E-state index contributed by atoms with van der Waals surface area (Å²) in [6, 6.07) is 0.0442. The van der Waals surface area contributed by atoms with Gasteiger partial charge in [0.2, 0.25) is 0 Å². The predicted octanol–water partition coefficient (Wildman–Crippen LogP) is 1.11. The molecule has 1 atom stereocenters. The standard InChI is InChI=1S/C11H19N3O2/c1-4-14(9(2)5-11(15)16)8-10-6-12-13(3)7-10/h6-7,9H,4-5,8H2,1-3H3,(H,15,16). The van der Waals surface area contributed by atoms with Crippen LogP contribution in [0.5, 0.6) is 0 Å². The molecule has 5 nitrogen and oxygen atoms in total. The van der Waals surface area contributed by atoms with Gasteiger partial charge in [-0.1, -0.05) is 6.92 Å². The van der Waals surface area contributed by atoms with Gasteiger partial charge in [-0.05, 0) is 13.5 Å². The van der Waals surface area contributed by atoms with E-state index in [1.807, 2.05) is 33.3 Å². The van der Waals surface area contributed by atoms with Crippen LogP contribution in [-0.4, -0.2) is 38.3 Å². The van der Waals surface area contributed by atoms with E-state index in [0.29, 0.717) is 0 Å². The van der Waals surface area contributed by atoms with E-state index in [2.05, 4.69) is 10.00 Å². The SMILES string of the molecule is CCN(Cc1cnn(C)c1)C(C)CC(=O)O. The van der Waals surface area contributed by atoms with E-state index in [4.69, 9.17) is 5.11 Å². The molecule has 90 valence electrons. The van der Waals surface area contributed by atoms with Crippen LogP contribution < -0.4 is 0 Å². The van der Waals surface area contributed by atoms with Gasteiger partial charge in [-0.2, -0.15) is 5.10 Å². The average Bonchev–Trinajstić information content (AvgIpc) is 2.59. The van der Waals surface area contributed by atoms with E-state index in [1.54, 1.807) is 4.68 Å². The molecule has 0 fully saturated rings. The van der Waals surface area contributed by atoms with Gasteiger partial charge in [0.1, 0.15) is 0 Å². The molecule has 1 unspecified atom stereocenters. The van der Waals surface area contributed by atoms with Crippen LogP contribution in [-0.2, 0) is 18.4 Å². The average molecular weight is 225 g/mol. The van der Waals surface area contributed by atoms with Crippen molar-refractivity contribution < 1.29 is 9.90 Å². The van der Waals surface area contributed by atoms with Crippen LogP contribution in [0.2, 0.25) is 0 Å². The zero-order chi connectivity index (χ0) is 12.1. The summed E-state index contributed by atoms with van der Waals surface area (Å²) >= 11 is 0. The molecule has 0 aliphatic carbocycles. The van der Waals surface area contributed by atoms with Crippen molar-refractivity contribution in [2.24, 2.45) is 7.05 Å². The largest absolute Gasteiger partial charge is 0.481 e. The Bertz CT molecular complexity index is 349. The van der Waals surface area contributed by atoms with Crippen LogP contribution in [0.15, 0.2) is 12.4 Å². The van der Waals surface area contributed by atoms with E-state index < -0.39 is 5.97 Å². The third-order valence-electron chi connectivity index (χ3n) is 2.64. The van der Waals surface area contributed by atoms with Gasteiger partial charge in [-0.15, -0.1) is 0 Å². The van der Waals surface area contributed by atoms with Gasteiger partial charge >= 0.3 is 5.97 Å². The maximum Gasteiger partial charge on any atom is 0.304 e. The Morgan fingerprint density at radius 1 is 1.69 bits per heavy atom. The van der Waals surface area contributed by atoms with Crippen LogP contribution in [0.3, 0.4) is 0 Å². The van der Waals surface area contributed by atoms with Crippen molar-refractivity contribution in [2.75, 3.05) is 6.54 Å². The lowest BCUT2D eigenvalue weighted by molar-refractivity contribution is -0.138. The van der Waals surface area contributed by atoms with E-state index in [1.165, 1.54) is 0 Å². The third-order valence-corrected chi connectivity index (χ3v) is 2.64. The normalized spacial score (nSPS) is 13.0. The first-order valence-electron chi connectivity index (χ1n) is 5.46. The van der Waals surface area contributed by atoms with Crippen LogP contribution in [0, 0.1) is 0 Å². The minimum Gasteiger partial charge on any atom is -0.481 e. The molecule has 0 aliphatic heterocycles. The molecule has 1 rings (SSSR count). The molecule has 1 aromatic heterocycles. The lowest BCUT2D eigenvalue weighted by Gasteiger charge is -2.26. The Kier molecular flexibility index (Phi) is 4.49. The summed E-state index contributed by atoms with van der Waals surface area (Å²) in [4.78, 5) is 12.8. The second-order valence-electron chi connectivity index (χ2n) is 4.03. The Morgan fingerprint density at radius 3 is 2.81 bits per heavy atom. The lowest BCUT2D eigenvalue weighted by atomic mass is 10.2. The molecule has 0 saturated heterocycles. The molecule has 0 aromatic carbocycles. The third kappa shape index (κ3) is 3.66. The van der Waals surface area contributed by atoms with Crippen molar-refractivity contribution in [3.05, 3.63) is 18.0 Å². The second kappa shape index (κ2) is 5.65. The number of aryl methyl sites for hydroxylation is 1. The molecule has 0 radical (unpaired) electrons. The van der Waals surface area contributed by atoms with E-state index in [-0.39, 0.29) is 12.5 Å². The summed E-state index contributed by atoms with van der Waals surface area (Å²) in [5, 5.41) is 12.9. The van der Waals surface area contributed by atoms with E-state index >= 15 is 0 Å². The summed E-state index contributed by atoms with van der Waals surface area (Å²) in [6.07, 6.45) is 3.94. The highest BCUT2D eigenvalue weighted by atomic mass is 16.4. The lowest BCUT2D eigenvalue weighted by Crippen LogP contribution is -2.34. The van der Waals surface area contributed by atoms with Crippen LogP contribution in [0.1, 0.15) is 25.8 Å². The number of aliphatic carboxylic acids is 1. The fourth-order valence-electron chi connectivity index (χ4n) is 1.75. The topological polar surface area (TPSA) is 58.4 Å². The predicted molar refractivity (Wildman–Crippen MR) is 61.0 cm³/mol. The zero-order valence-electron chi connectivity index (χ0n) is 10.1. The first-order valence-corrected chi connectivity index (χ1v) is 5.46. The molecule has 0 aliphatic rings. The van der Waals surface area contributed by atoms with Gasteiger partial charge in [-0.3, -0.25) is 14.4 Å². The Morgan fingerprint density at radius 2 is 2.38 bits per heavy atom.